The van der Waals surface area contributed by atoms with Crippen molar-refractivity contribution in [3.63, 3.8) is 0 Å². The number of benzene rings is 2. The normalized spacial score (nSPS) is 14.1. The first-order valence-corrected chi connectivity index (χ1v) is 10.1. The van der Waals surface area contributed by atoms with Crippen molar-refractivity contribution >= 4 is 21.9 Å². The van der Waals surface area contributed by atoms with Gasteiger partial charge in [0.1, 0.15) is 30.1 Å². The van der Waals surface area contributed by atoms with Crippen LogP contribution in [-0.4, -0.2) is 34.3 Å². The Hall–Kier alpha value is -2.92. The van der Waals surface area contributed by atoms with Crippen LogP contribution < -0.4 is 4.74 Å². The van der Waals surface area contributed by atoms with E-state index in [0.29, 0.717) is 5.56 Å². The summed E-state index contributed by atoms with van der Waals surface area (Å²) in [6.07, 6.45) is -6.24. The molecule has 0 saturated heterocycles. The van der Waals surface area contributed by atoms with Gasteiger partial charge in [0.05, 0.1) is 34.9 Å². The SMILES string of the molecule is COC(=O)c1nc2n(c1C(O)c1cccc(C(F)(F)F)c1)CCOc1cc(F)c(Br)cc1-2. The zero-order valence-corrected chi connectivity index (χ0v) is 18.0. The first-order valence-electron chi connectivity index (χ1n) is 9.28. The van der Waals surface area contributed by atoms with E-state index in [4.69, 9.17) is 9.47 Å². The standard InChI is InChI=1S/C21H15BrF4N2O4/c1-31-20(30)16-17(18(29)10-3-2-4-11(7-10)21(24,25)26)28-5-6-32-15-9-14(23)13(22)8-12(15)19(28)27-16/h2-4,7-9,18,29H,5-6H2,1H3. The number of alkyl halides is 3. The Balaban J connectivity index is 1.93. The van der Waals surface area contributed by atoms with E-state index in [1.807, 2.05) is 0 Å². The summed E-state index contributed by atoms with van der Waals surface area (Å²) in [5, 5.41) is 11.0. The minimum atomic E-state index is -4.61. The van der Waals surface area contributed by atoms with Crippen LogP contribution in [0.5, 0.6) is 5.75 Å². The average molecular weight is 515 g/mol. The number of hydrogen-bond acceptors (Lipinski definition) is 5. The Labute approximate surface area is 187 Å². The maximum Gasteiger partial charge on any atom is 0.416 e. The summed E-state index contributed by atoms with van der Waals surface area (Å²) < 4.78 is 65.5. The zero-order chi connectivity index (χ0) is 23.2. The second-order valence-corrected chi connectivity index (χ2v) is 7.80. The number of nitrogens with zero attached hydrogens (tertiary/aromatic N) is 2. The highest BCUT2D eigenvalue weighted by Crippen LogP contribution is 2.40. The Morgan fingerprint density at radius 1 is 1.31 bits per heavy atom. The van der Waals surface area contributed by atoms with Crippen molar-refractivity contribution in [1.29, 1.82) is 0 Å². The van der Waals surface area contributed by atoms with Crippen LogP contribution in [0.3, 0.4) is 0 Å². The Morgan fingerprint density at radius 3 is 2.75 bits per heavy atom. The van der Waals surface area contributed by atoms with Crippen molar-refractivity contribution in [3.8, 4) is 17.1 Å². The fraction of sp³-hybridized carbons (Fsp3) is 0.238. The van der Waals surface area contributed by atoms with E-state index in [1.54, 1.807) is 0 Å². The van der Waals surface area contributed by atoms with Crippen molar-refractivity contribution in [1.82, 2.24) is 9.55 Å². The number of aliphatic hydroxyl groups is 1. The number of halogens is 5. The highest BCUT2D eigenvalue weighted by molar-refractivity contribution is 9.10. The minimum absolute atomic E-state index is 0.0420. The van der Waals surface area contributed by atoms with Gasteiger partial charge in [0.25, 0.3) is 0 Å². The Morgan fingerprint density at radius 2 is 2.06 bits per heavy atom. The van der Waals surface area contributed by atoms with Gasteiger partial charge in [-0.05, 0) is 39.7 Å². The summed E-state index contributed by atoms with van der Waals surface area (Å²) in [6, 6.07) is 6.73. The highest BCUT2D eigenvalue weighted by atomic mass is 79.9. The summed E-state index contributed by atoms with van der Waals surface area (Å²) in [5.41, 5.74) is -1.01. The molecule has 2 heterocycles. The number of carbonyl (C=O) groups is 1. The molecule has 0 fully saturated rings. The minimum Gasteiger partial charge on any atom is -0.491 e. The van der Waals surface area contributed by atoms with Crippen molar-refractivity contribution in [2.45, 2.75) is 18.8 Å². The fourth-order valence-corrected chi connectivity index (χ4v) is 3.88. The maximum atomic E-state index is 14.0. The molecule has 1 N–H and O–H groups in total. The fourth-order valence-electron chi connectivity index (χ4n) is 3.53. The van der Waals surface area contributed by atoms with Crippen molar-refractivity contribution < 1.29 is 36.9 Å². The number of esters is 1. The van der Waals surface area contributed by atoms with Gasteiger partial charge < -0.3 is 19.1 Å². The third kappa shape index (κ3) is 3.86. The number of imidazole rings is 1. The van der Waals surface area contributed by atoms with Gasteiger partial charge in [0.2, 0.25) is 0 Å². The number of fused-ring (bicyclic) bond motifs is 3. The van der Waals surface area contributed by atoms with Crippen LogP contribution in [0.4, 0.5) is 17.6 Å². The molecule has 4 rings (SSSR count). The van der Waals surface area contributed by atoms with Crippen LogP contribution in [0.2, 0.25) is 0 Å². The molecule has 11 heteroatoms. The number of ether oxygens (including phenoxy) is 2. The molecule has 0 amide bonds. The molecule has 3 aromatic rings. The van der Waals surface area contributed by atoms with Gasteiger partial charge in [-0.3, -0.25) is 0 Å². The van der Waals surface area contributed by atoms with Gasteiger partial charge in [-0.15, -0.1) is 0 Å². The van der Waals surface area contributed by atoms with Crippen LogP contribution >= 0.6 is 15.9 Å². The van der Waals surface area contributed by atoms with Crippen LogP contribution in [0, 0.1) is 5.82 Å². The lowest BCUT2D eigenvalue weighted by atomic mass is 10.0. The van der Waals surface area contributed by atoms with E-state index < -0.39 is 29.6 Å². The largest absolute Gasteiger partial charge is 0.491 e. The molecular weight excluding hydrogens is 500 g/mol. The van der Waals surface area contributed by atoms with E-state index in [2.05, 4.69) is 20.9 Å². The quantitative estimate of drug-likeness (QED) is 0.404. The molecule has 1 aromatic heterocycles. The van der Waals surface area contributed by atoms with E-state index in [1.165, 1.54) is 16.7 Å². The summed E-state index contributed by atoms with van der Waals surface area (Å²) >= 11 is 3.10. The summed E-state index contributed by atoms with van der Waals surface area (Å²) in [6.45, 7) is 0.138. The molecule has 2 aromatic carbocycles. The molecule has 6 nitrogen and oxygen atoms in total. The molecule has 0 radical (unpaired) electrons. The molecule has 0 saturated carbocycles. The number of aromatic nitrogens is 2. The van der Waals surface area contributed by atoms with Gasteiger partial charge in [0.15, 0.2) is 5.69 Å². The molecular formula is C21H15BrF4N2O4. The van der Waals surface area contributed by atoms with E-state index in [0.717, 1.165) is 31.4 Å². The molecule has 0 bridgehead atoms. The molecule has 0 aliphatic carbocycles. The second kappa shape index (κ2) is 8.21. The number of aliphatic hydroxyl groups excluding tert-OH is 1. The smallest absolute Gasteiger partial charge is 0.416 e. The third-order valence-electron chi connectivity index (χ3n) is 5.01. The predicted molar refractivity (Wildman–Crippen MR) is 108 cm³/mol. The molecule has 32 heavy (non-hydrogen) atoms. The maximum absolute atomic E-state index is 14.0. The van der Waals surface area contributed by atoms with Crippen LogP contribution in [0.1, 0.15) is 33.4 Å². The van der Waals surface area contributed by atoms with E-state index in [-0.39, 0.29) is 46.1 Å². The lowest BCUT2D eigenvalue weighted by Crippen LogP contribution is -2.17. The average Bonchev–Trinajstić information content (AvgIpc) is 3.05. The Kier molecular flexibility index (Phi) is 5.72. The number of rotatable bonds is 3. The van der Waals surface area contributed by atoms with Crippen molar-refractivity contribution in [3.05, 3.63) is 69.2 Å². The lowest BCUT2D eigenvalue weighted by Gasteiger charge is -2.17. The highest BCUT2D eigenvalue weighted by Gasteiger charge is 2.34. The molecule has 1 unspecified atom stereocenters. The topological polar surface area (TPSA) is 73.6 Å². The van der Waals surface area contributed by atoms with Crippen LogP contribution in [0.25, 0.3) is 11.4 Å². The number of carbonyl (C=O) groups excluding carboxylic acids is 1. The molecule has 1 aliphatic rings. The lowest BCUT2D eigenvalue weighted by molar-refractivity contribution is -0.137. The number of hydrogen-bond donors (Lipinski definition) is 1. The van der Waals surface area contributed by atoms with Gasteiger partial charge >= 0.3 is 12.1 Å². The zero-order valence-electron chi connectivity index (χ0n) is 16.4. The first kappa shape index (κ1) is 22.3. The summed E-state index contributed by atoms with van der Waals surface area (Å²) in [7, 11) is 1.12. The monoisotopic (exact) mass is 514 g/mol. The summed E-state index contributed by atoms with van der Waals surface area (Å²) in [5.74, 6) is -1.10. The van der Waals surface area contributed by atoms with Crippen molar-refractivity contribution in [2.24, 2.45) is 0 Å². The molecule has 168 valence electrons. The Bertz CT molecular complexity index is 1210. The van der Waals surface area contributed by atoms with Crippen LogP contribution in [0.15, 0.2) is 40.9 Å². The third-order valence-corrected chi connectivity index (χ3v) is 5.62. The van der Waals surface area contributed by atoms with Crippen LogP contribution in [-0.2, 0) is 17.5 Å². The van der Waals surface area contributed by atoms with Gasteiger partial charge in [-0.25, -0.2) is 14.2 Å². The predicted octanol–water partition coefficient (Wildman–Crippen LogP) is 4.73. The van der Waals surface area contributed by atoms with Gasteiger partial charge in [-0.2, -0.15) is 13.2 Å². The van der Waals surface area contributed by atoms with Gasteiger partial charge in [0, 0.05) is 6.07 Å². The first-order chi connectivity index (χ1) is 15.1. The van der Waals surface area contributed by atoms with E-state index in [9.17, 15) is 27.5 Å². The molecule has 0 spiro atoms. The number of methoxy groups -OCH3 is 1. The summed E-state index contributed by atoms with van der Waals surface area (Å²) in [4.78, 5) is 16.7. The molecule has 1 aliphatic heterocycles. The van der Waals surface area contributed by atoms with Crippen molar-refractivity contribution in [2.75, 3.05) is 13.7 Å². The molecule has 1 atom stereocenters. The second-order valence-electron chi connectivity index (χ2n) is 6.95. The van der Waals surface area contributed by atoms with E-state index >= 15 is 0 Å². The van der Waals surface area contributed by atoms with Gasteiger partial charge in [-0.1, -0.05) is 12.1 Å².